The van der Waals surface area contributed by atoms with Gasteiger partial charge in [-0.1, -0.05) is 50.2 Å². The van der Waals surface area contributed by atoms with Crippen molar-refractivity contribution in [3.63, 3.8) is 0 Å². The molecule has 4 unspecified atom stereocenters. The zero-order chi connectivity index (χ0) is 23.3. The maximum atomic E-state index is 15.6. The van der Waals surface area contributed by atoms with E-state index in [9.17, 15) is 0 Å². The van der Waals surface area contributed by atoms with Crippen LogP contribution in [0.2, 0.25) is 0 Å². The third-order valence-electron chi connectivity index (χ3n) is 8.22. The van der Waals surface area contributed by atoms with Crippen LogP contribution in [-0.2, 0) is 15.6 Å². The summed E-state index contributed by atoms with van der Waals surface area (Å²) in [6.45, 7) is 4.44. The Labute approximate surface area is 204 Å². The fourth-order valence-electron chi connectivity index (χ4n) is 6.42. The van der Waals surface area contributed by atoms with Crippen molar-refractivity contribution in [3.8, 4) is 5.75 Å². The molecule has 3 aliphatic rings. The standard InChI is InChI=1S/C30H32FO2S/c1-20(2)30(18-24-25(19-30)28-16-15-27(24)32-28)33-29-14-13-23(17-26(29)31)34(21-9-5-3-6-10-21)22-11-7-4-8-12-22/h3-14,17,20,24-25,27-28H,15-16,18-19H2,1-2H3/q+1. The Morgan fingerprint density at radius 3 is 1.88 bits per heavy atom. The second kappa shape index (κ2) is 8.73. The molecule has 1 aliphatic carbocycles. The predicted octanol–water partition coefficient (Wildman–Crippen LogP) is 7.28. The number of fused-ring (bicyclic) bond motifs is 5. The highest BCUT2D eigenvalue weighted by molar-refractivity contribution is 7.97. The molecule has 2 heterocycles. The normalized spacial score (nSPS) is 29.7. The molecular formula is C30H32FO2S+. The maximum Gasteiger partial charge on any atom is 0.170 e. The third kappa shape index (κ3) is 3.76. The molecule has 34 heavy (non-hydrogen) atoms. The van der Waals surface area contributed by atoms with E-state index in [0.717, 1.165) is 17.7 Å². The summed E-state index contributed by atoms with van der Waals surface area (Å²) in [5, 5.41) is 0. The van der Waals surface area contributed by atoms with Crippen molar-refractivity contribution in [2.45, 2.75) is 72.0 Å². The van der Waals surface area contributed by atoms with Crippen molar-refractivity contribution >= 4 is 10.9 Å². The number of halogens is 1. The average Bonchev–Trinajstić information content (AvgIpc) is 3.55. The molecule has 0 N–H and O–H groups in total. The zero-order valence-electron chi connectivity index (χ0n) is 19.8. The quantitative estimate of drug-likeness (QED) is 0.349. The molecule has 4 heteroatoms. The molecule has 0 radical (unpaired) electrons. The first kappa shape index (κ1) is 22.2. The number of rotatable bonds is 6. The van der Waals surface area contributed by atoms with Crippen LogP contribution in [0, 0.1) is 23.6 Å². The van der Waals surface area contributed by atoms with Crippen molar-refractivity contribution in [2.24, 2.45) is 17.8 Å². The lowest BCUT2D eigenvalue weighted by atomic mass is 9.82. The molecule has 6 rings (SSSR count). The number of hydrogen-bond acceptors (Lipinski definition) is 2. The lowest BCUT2D eigenvalue weighted by Crippen LogP contribution is -2.40. The predicted molar refractivity (Wildman–Crippen MR) is 134 cm³/mol. The van der Waals surface area contributed by atoms with E-state index < -0.39 is 0 Å². The van der Waals surface area contributed by atoms with Gasteiger partial charge in [0.1, 0.15) is 5.60 Å². The highest BCUT2D eigenvalue weighted by Crippen LogP contribution is 2.57. The first-order chi connectivity index (χ1) is 16.5. The minimum atomic E-state index is -0.373. The van der Waals surface area contributed by atoms with Crippen LogP contribution in [0.3, 0.4) is 0 Å². The number of benzene rings is 3. The van der Waals surface area contributed by atoms with Crippen molar-refractivity contribution in [3.05, 3.63) is 84.7 Å². The van der Waals surface area contributed by atoms with Crippen LogP contribution in [0.25, 0.3) is 0 Å². The summed E-state index contributed by atoms with van der Waals surface area (Å²) >= 11 is 0. The first-order valence-corrected chi connectivity index (χ1v) is 13.7. The molecule has 176 valence electrons. The molecule has 3 aromatic rings. The summed E-state index contributed by atoms with van der Waals surface area (Å²) in [5.74, 6) is 1.56. The molecule has 1 saturated carbocycles. The Bertz CT molecular complexity index is 1090. The zero-order valence-corrected chi connectivity index (χ0v) is 20.6. The number of ether oxygens (including phenoxy) is 2. The van der Waals surface area contributed by atoms with Crippen LogP contribution in [-0.4, -0.2) is 17.8 Å². The Kier molecular flexibility index (Phi) is 5.69. The maximum absolute atomic E-state index is 15.6. The molecule has 4 atom stereocenters. The van der Waals surface area contributed by atoms with E-state index in [1.54, 1.807) is 6.07 Å². The van der Waals surface area contributed by atoms with Crippen LogP contribution in [0.4, 0.5) is 4.39 Å². The van der Waals surface area contributed by atoms with Gasteiger partial charge in [0, 0.05) is 6.07 Å². The Morgan fingerprint density at radius 1 is 0.824 bits per heavy atom. The molecule has 0 aromatic heterocycles. The van der Waals surface area contributed by atoms with E-state index in [1.165, 1.54) is 22.6 Å². The molecule has 2 nitrogen and oxygen atoms in total. The van der Waals surface area contributed by atoms with E-state index in [2.05, 4.69) is 44.2 Å². The molecule has 2 aliphatic heterocycles. The van der Waals surface area contributed by atoms with Crippen molar-refractivity contribution in [1.29, 1.82) is 0 Å². The van der Waals surface area contributed by atoms with Crippen LogP contribution in [0.1, 0.15) is 39.5 Å². The van der Waals surface area contributed by atoms with Gasteiger partial charge in [0.25, 0.3) is 0 Å². The number of hydrogen-bond donors (Lipinski definition) is 0. The molecular weight excluding hydrogens is 443 g/mol. The smallest absolute Gasteiger partial charge is 0.170 e. The molecule has 0 spiro atoms. The summed E-state index contributed by atoms with van der Waals surface area (Å²) in [7, 11) is -0.373. The van der Waals surface area contributed by atoms with Gasteiger partial charge in [-0.2, -0.15) is 0 Å². The van der Waals surface area contributed by atoms with Crippen LogP contribution in [0.15, 0.2) is 93.5 Å². The van der Waals surface area contributed by atoms with E-state index in [0.29, 0.717) is 35.7 Å². The van der Waals surface area contributed by atoms with E-state index in [-0.39, 0.29) is 22.3 Å². The highest BCUT2D eigenvalue weighted by atomic mass is 32.2. The monoisotopic (exact) mass is 475 g/mol. The summed E-state index contributed by atoms with van der Waals surface area (Å²) in [5.41, 5.74) is -0.317. The summed E-state index contributed by atoms with van der Waals surface area (Å²) < 4.78 is 28.5. The van der Waals surface area contributed by atoms with Crippen molar-refractivity contribution in [1.82, 2.24) is 0 Å². The van der Waals surface area contributed by atoms with E-state index in [1.807, 2.05) is 42.5 Å². The summed E-state index contributed by atoms with van der Waals surface area (Å²) in [6, 6.07) is 26.3. The lowest BCUT2D eigenvalue weighted by Gasteiger charge is -2.36. The van der Waals surface area contributed by atoms with Gasteiger partial charge in [-0.3, -0.25) is 0 Å². The third-order valence-corrected chi connectivity index (χ3v) is 10.4. The van der Waals surface area contributed by atoms with Gasteiger partial charge < -0.3 is 9.47 Å². The van der Waals surface area contributed by atoms with Gasteiger partial charge in [0.05, 0.1) is 23.1 Å². The fourth-order valence-corrected chi connectivity index (χ4v) is 8.52. The second-order valence-corrected chi connectivity index (χ2v) is 12.4. The Morgan fingerprint density at radius 2 is 1.38 bits per heavy atom. The molecule has 3 fully saturated rings. The summed E-state index contributed by atoms with van der Waals surface area (Å²) in [4.78, 5) is 3.33. The Balaban J connectivity index is 1.31. The van der Waals surface area contributed by atoms with Crippen LogP contribution < -0.4 is 4.74 Å². The average molecular weight is 476 g/mol. The van der Waals surface area contributed by atoms with Crippen molar-refractivity contribution in [2.75, 3.05) is 0 Å². The van der Waals surface area contributed by atoms with Gasteiger partial charge in [-0.05, 0) is 79.8 Å². The minimum absolute atomic E-state index is 0.266. The molecule has 2 bridgehead atoms. The van der Waals surface area contributed by atoms with Gasteiger partial charge in [-0.25, -0.2) is 4.39 Å². The lowest BCUT2D eigenvalue weighted by molar-refractivity contribution is -0.00889. The molecule has 0 amide bonds. The second-order valence-electron chi connectivity index (χ2n) is 10.4. The van der Waals surface area contributed by atoms with Gasteiger partial charge in [-0.15, -0.1) is 0 Å². The molecule has 2 saturated heterocycles. The van der Waals surface area contributed by atoms with Gasteiger partial charge in [0.2, 0.25) is 0 Å². The largest absolute Gasteiger partial charge is 0.484 e. The first-order valence-electron chi connectivity index (χ1n) is 12.5. The van der Waals surface area contributed by atoms with Crippen LogP contribution in [0.5, 0.6) is 5.75 Å². The topological polar surface area (TPSA) is 18.5 Å². The SMILES string of the molecule is CC(C)C1(Oc2ccc([S+](c3ccccc3)c3ccccc3)cc2F)CC2C3CCC(O3)C2C1. The van der Waals surface area contributed by atoms with Crippen LogP contribution >= 0.6 is 0 Å². The van der Waals surface area contributed by atoms with E-state index in [4.69, 9.17) is 9.47 Å². The fraction of sp³-hybridized carbons (Fsp3) is 0.400. The minimum Gasteiger partial charge on any atom is -0.484 e. The van der Waals surface area contributed by atoms with Gasteiger partial charge >= 0.3 is 0 Å². The van der Waals surface area contributed by atoms with Crippen molar-refractivity contribution < 1.29 is 13.9 Å². The molecule has 3 aromatic carbocycles. The summed E-state index contributed by atoms with van der Waals surface area (Å²) in [6.07, 6.45) is 5.04. The van der Waals surface area contributed by atoms with Gasteiger partial charge in [0.15, 0.2) is 26.3 Å². The highest BCUT2D eigenvalue weighted by Gasteiger charge is 2.60. The van der Waals surface area contributed by atoms with E-state index >= 15 is 4.39 Å². The Hall–Kier alpha value is -2.30.